The highest BCUT2D eigenvalue weighted by atomic mass is 32.1. The zero-order chi connectivity index (χ0) is 14.3. The summed E-state index contributed by atoms with van der Waals surface area (Å²) >= 11 is 1.53. The molecule has 1 unspecified atom stereocenters. The van der Waals surface area contributed by atoms with Gasteiger partial charge in [0.05, 0.1) is 5.01 Å². The molecule has 2 amide bonds. The minimum absolute atomic E-state index is 0.101. The molecule has 6 nitrogen and oxygen atoms in total. The number of rotatable bonds is 7. The first kappa shape index (κ1) is 15.4. The number of hydrogen-bond donors (Lipinski definition) is 2. The first-order valence-electron chi connectivity index (χ1n) is 6.19. The highest BCUT2D eigenvalue weighted by Crippen LogP contribution is 2.05. The van der Waals surface area contributed by atoms with Gasteiger partial charge in [0.25, 0.3) is 0 Å². The van der Waals surface area contributed by atoms with Crippen LogP contribution in [0.4, 0.5) is 4.79 Å². The highest BCUT2D eigenvalue weighted by molar-refractivity contribution is 7.09. The molecule has 1 aromatic heterocycles. The van der Waals surface area contributed by atoms with E-state index in [0.29, 0.717) is 19.4 Å². The van der Waals surface area contributed by atoms with E-state index in [2.05, 4.69) is 10.3 Å². The third-order valence-electron chi connectivity index (χ3n) is 2.79. The number of aliphatic carboxylic acids is 1. The molecule has 0 aliphatic rings. The summed E-state index contributed by atoms with van der Waals surface area (Å²) in [6.07, 6.45) is 3.09. The fourth-order valence-electron chi connectivity index (χ4n) is 1.55. The van der Waals surface area contributed by atoms with Gasteiger partial charge < -0.3 is 15.3 Å². The molecule has 1 atom stereocenters. The summed E-state index contributed by atoms with van der Waals surface area (Å²) in [7, 11) is 0. The fraction of sp³-hybridized carbons (Fsp3) is 0.583. The molecule has 1 rings (SSSR count). The monoisotopic (exact) mass is 285 g/mol. The predicted octanol–water partition coefficient (Wildman–Crippen LogP) is 1.58. The smallest absolute Gasteiger partial charge is 0.323 e. The molecule has 19 heavy (non-hydrogen) atoms. The van der Waals surface area contributed by atoms with Crippen LogP contribution in [-0.4, -0.2) is 46.1 Å². The van der Waals surface area contributed by atoms with Crippen LogP contribution < -0.4 is 5.32 Å². The van der Waals surface area contributed by atoms with E-state index in [9.17, 15) is 9.59 Å². The lowest BCUT2D eigenvalue weighted by Crippen LogP contribution is -2.47. The van der Waals surface area contributed by atoms with Crippen molar-refractivity contribution in [1.82, 2.24) is 15.2 Å². The Labute approximate surface area is 116 Å². The molecular formula is C12H19N3O3S. The molecule has 1 aromatic rings. The van der Waals surface area contributed by atoms with Gasteiger partial charge in [0, 0.05) is 30.6 Å². The van der Waals surface area contributed by atoms with Gasteiger partial charge in [-0.2, -0.15) is 0 Å². The van der Waals surface area contributed by atoms with Crippen molar-refractivity contribution >= 4 is 23.3 Å². The molecule has 0 radical (unpaired) electrons. The standard InChI is InChI=1S/C12H19N3O3S/c1-3-9(2)15(8-11(16)17)12(18)14-5-4-10-13-6-7-19-10/h6-7,9H,3-5,8H2,1-2H3,(H,14,18)(H,16,17). The quantitative estimate of drug-likeness (QED) is 0.797. The molecule has 2 N–H and O–H groups in total. The van der Waals surface area contributed by atoms with Gasteiger partial charge in [0.2, 0.25) is 0 Å². The van der Waals surface area contributed by atoms with E-state index < -0.39 is 5.97 Å². The van der Waals surface area contributed by atoms with Gasteiger partial charge in [-0.05, 0) is 13.3 Å². The van der Waals surface area contributed by atoms with Crippen molar-refractivity contribution in [1.29, 1.82) is 0 Å². The van der Waals surface area contributed by atoms with Crippen LogP contribution in [0.5, 0.6) is 0 Å². The number of aromatic nitrogens is 1. The number of urea groups is 1. The van der Waals surface area contributed by atoms with Crippen LogP contribution in [0.15, 0.2) is 11.6 Å². The molecule has 7 heteroatoms. The highest BCUT2D eigenvalue weighted by Gasteiger charge is 2.21. The van der Waals surface area contributed by atoms with Crippen molar-refractivity contribution in [2.24, 2.45) is 0 Å². The van der Waals surface area contributed by atoms with E-state index in [4.69, 9.17) is 5.11 Å². The summed E-state index contributed by atoms with van der Waals surface area (Å²) in [6.45, 7) is 3.93. The van der Waals surface area contributed by atoms with Gasteiger partial charge in [-0.15, -0.1) is 11.3 Å². The number of thiazole rings is 1. The zero-order valence-corrected chi connectivity index (χ0v) is 11.9. The van der Waals surface area contributed by atoms with Crippen LogP contribution in [-0.2, 0) is 11.2 Å². The molecule has 0 aliphatic heterocycles. The summed E-state index contributed by atoms with van der Waals surface area (Å²) < 4.78 is 0. The molecule has 1 heterocycles. The number of nitrogens with zero attached hydrogens (tertiary/aromatic N) is 2. The Morgan fingerprint density at radius 2 is 2.32 bits per heavy atom. The van der Waals surface area contributed by atoms with E-state index in [1.165, 1.54) is 16.2 Å². The van der Waals surface area contributed by atoms with E-state index in [1.54, 1.807) is 6.20 Å². The Bertz CT molecular complexity index is 408. The number of hydrogen-bond acceptors (Lipinski definition) is 4. The topological polar surface area (TPSA) is 82.5 Å². The lowest BCUT2D eigenvalue weighted by molar-refractivity contribution is -0.138. The summed E-state index contributed by atoms with van der Waals surface area (Å²) in [5.74, 6) is -1.00. The van der Waals surface area contributed by atoms with E-state index in [0.717, 1.165) is 5.01 Å². The molecule has 0 spiro atoms. The molecule has 0 aromatic carbocycles. The maximum Gasteiger partial charge on any atom is 0.323 e. The maximum absolute atomic E-state index is 11.9. The number of amides is 2. The van der Waals surface area contributed by atoms with Crippen molar-refractivity contribution in [3.63, 3.8) is 0 Å². The Morgan fingerprint density at radius 1 is 1.58 bits per heavy atom. The van der Waals surface area contributed by atoms with E-state index in [1.807, 2.05) is 19.2 Å². The van der Waals surface area contributed by atoms with Crippen LogP contribution in [0.2, 0.25) is 0 Å². The van der Waals surface area contributed by atoms with Crippen molar-refractivity contribution < 1.29 is 14.7 Å². The van der Waals surface area contributed by atoms with Crippen molar-refractivity contribution in [3.8, 4) is 0 Å². The van der Waals surface area contributed by atoms with Gasteiger partial charge in [-0.3, -0.25) is 4.79 Å². The summed E-state index contributed by atoms with van der Waals surface area (Å²) in [4.78, 5) is 28.2. The number of nitrogens with one attached hydrogen (secondary N) is 1. The second-order valence-corrected chi connectivity index (χ2v) is 5.17. The van der Waals surface area contributed by atoms with Crippen LogP contribution in [0.25, 0.3) is 0 Å². The number of carboxylic acid groups (broad SMARTS) is 1. The molecule has 106 valence electrons. The Hall–Kier alpha value is -1.63. The zero-order valence-electron chi connectivity index (χ0n) is 11.1. The minimum Gasteiger partial charge on any atom is -0.480 e. The second kappa shape index (κ2) is 7.73. The van der Waals surface area contributed by atoms with Crippen molar-refractivity contribution in [2.45, 2.75) is 32.7 Å². The average Bonchev–Trinajstić information content (AvgIpc) is 2.87. The predicted molar refractivity (Wildman–Crippen MR) is 73.3 cm³/mol. The van der Waals surface area contributed by atoms with Crippen molar-refractivity contribution in [2.75, 3.05) is 13.1 Å². The Balaban J connectivity index is 2.44. The summed E-state index contributed by atoms with van der Waals surface area (Å²) in [5.41, 5.74) is 0. The molecule has 0 aliphatic carbocycles. The third kappa shape index (κ3) is 5.25. The molecular weight excluding hydrogens is 266 g/mol. The maximum atomic E-state index is 11.9. The summed E-state index contributed by atoms with van der Waals surface area (Å²) in [5, 5.41) is 14.4. The molecule has 0 saturated heterocycles. The Morgan fingerprint density at radius 3 is 2.84 bits per heavy atom. The van der Waals surface area contributed by atoms with Gasteiger partial charge >= 0.3 is 12.0 Å². The lowest BCUT2D eigenvalue weighted by atomic mass is 10.2. The first-order valence-corrected chi connectivity index (χ1v) is 7.07. The van der Waals surface area contributed by atoms with Crippen LogP contribution in [0, 0.1) is 0 Å². The normalized spacial score (nSPS) is 11.9. The van der Waals surface area contributed by atoms with Gasteiger partial charge in [0.15, 0.2) is 0 Å². The van der Waals surface area contributed by atoms with Gasteiger partial charge in [-0.25, -0.2) is 9.78 Å². The van der Waals surface area contributed by atoms with Crippen LogP contribution >= 0.6 is 11.3 Å². The van der Waals surface area contributed by atoms with Crippen LogP contribution in [0.3, 0.4) is 0 Å². The van der Waals surface area contributed by atoms with Gasteiger partial charge in [-0.1, -0.05) is 6.92 Å². The van der Waals surface area contributed by atoms with Crippen LogP contribution in [0.1, 0.15) is 25.3 Å². The first-order chi connectivity index (χ1) is 9.04. The average molecular weight is 285 g/mol. The van der Waals surface area contributed by atoms with Crippen molar-refractivity contribution in [3.05, 3.63) is 16.6 Å². The van der Waals surface area contributed by atoms with E-state index in [-0.39, 0.29) is 18.6 Å². The second-order valence-electron chi connectivity index (χ2n) is 4.19. The number of carboxylic acids is 1. The third-order valence-corrected chi connectivity index (χ3v) is 3.63. The minimum atomic E-state index is -1.00. The lowest BCUT2D eigenvalue weighted by Gasteiger charge is -2.27. The SMILES string of the molecule is CCC(C)N(CC(=O)O)C(=O)NCCc1nccs1. The molecule has 0 bridgehead atoms. The Kier molecular flexibility index (Phi) is 6.27. The largest absolute Gasteiger partial charge is 0.480 e. The molecule has 0 saturated carbocycles. The molecule has 0 fully saturated rings. The number of carbonyl (C=O) groups is 2. The number of carbonyl (C=O) groups excluding carboxylic acids is 1. The fourth-order valence-corrected chi connectivity index (χ4v) is 2.17. The summed E-state index contributed by atoms with van der Waals surface area (Å²) in [6, 6.07) is -0.440. The van der Waals surface area contributed by atoms with E-state index >= 15 is 0 Å². The van der Waals surface area contributed by atoms with Gasteiger partial charge in [0.1, 0.15) is 6.54 Å².